The largest absolute Gasteiger partial charge is 0.463 e. The van der Waals surface area contributed by atoms with Gasteiger partial charge in [-0.2, -0.15) is 0 Å². The van der Waals surface area contributed by atoms with Gasteiger partial charge in [-0.15, -0.1) is 11.3 Å². The Hall–Kier alpha value is -3.17. The van der Waals surface area contributed by atoms with Crippen molar-refractivity contribution in [1.29, 1.82) is 0 Å². The third-order valence-corrected chi connectivity index (χ3v) is 5.84. The molecule has 0 saturated carbocycles. The van der Waals surface area contributed by atoms with Gasteiger partial charge in [0.1, 0.15) is 6.61 Å². The molecule has 0 radical (unpaired) electrons. The van der Waals surface area contributed by atoms with E-state index in [1.807, 2.05) is 6.07 Å². The highest BCUT2D eigenvalue weighted by Gasteiger charge is 2.34. The van der Waals surface area contributed by atoms with E-state index in [2.05, 4.69) is 10.6 Å². The lowest BCUT2D eigenvalue weighted by atomic mass is 9.95. The zero-order valence-corrected chi connectivity index (χ0v) is 18.8. The average Bonchev–Trinajstić information content (AvgIpc) is 3.22. The Bertz CT molecular complexity index is 1050. The number of nitrogens with one attached hydrogen (secondary N) is 2. The summed E-state index contributed by atoms with van der Waals surface area (Å²) in [7, 11) is 0. The number of amides is 2. The van der Waals surface area contributed by atoms with Crippen LogP contribution in [0.5, 0.6) is 0 Å². The summed E-state index contributed by atoms with van der Waals surface area (Å²) >= 11 is 6.97. The first kappa shape index (κ1) is 23.5. The van der Waals surface area contributed by atoms with E-state index in [1.165, 1.54) is 0 Å². The fourth-order valence-electron chi connectivity index (χ4n) is 3.10. The minimum absolute atomic E-state index is 0.0417. The van der Waals surface area contributed by atoms with Crippen LogP contribution in [0.25, 0.3) is 0 Å². The third kappa shape index (κ3) is 5.95. The molecule has 1 aromatic heterocycles. The van der Waals surface area contributed by atoms with Crippen molar-refractivity contribution < 1.29 is 28.7 Å². The van der Waals surface area contributed by atoms with Crippen molar-refractivity contribution >= 4 is 46.7 Å². The summed E-state index contributed by atoms with van der Waals surface area (Å²) in [6, 6.07) is 10.8. The molecular formula is C22H21ClN2O6S. The van der Waals surface area contributed by atoms with Gasteiger partial charge in [0.25, 0.3) is 0 Å². The van der Waals surface area contributed by atoms with E-state index in [9.17, 15) is 19.2 Å². The second kappa shape index (κ2) is 10.9. The highest BCUT2D eigenvalue weighted by molar-refractivity contribution is 7.18. The number of ketones is 1. The van der Waals surface area contributed by atoms with E-state index in [-0.39, 0.29) is 43.1 Å². The first-order chi connectivity index (χ1) is 15.4. The van der Waals surface area contributed by atoms with Gasteiger partial charge in [-0.25, -0.2) is 9.59 Å². The van der Waals surface area contributed by atoms with Crippen molar-refractivity contribution in [2.75, 3.05) is 13.2 Å². The second-order valence-corrected chi connectivity index (χ2v) is 8.46. The van der Waals surface area contributed by atoms with E-state index in [1.54, 1.807) is 43.3 Å². The number of rotatable bonds is 9. The quantitative estimate of drug-likeness (QED) is 0.421. The van der Waals surface area contributed by atoms with E-state index in [0.29, 0.717) is 14.8 Å². The third-order valence-electron chi connectivity index (χ3n) is 4.56. The molecule has 2 aromatic rings. The molecule has 3 rings (SSSR count). The summed E-state index contributed by atoms with van der Waals surface area (Å²) in [6.45, 7) is 1.46. The molecule has 1 aliphatic rings. The summed E-state index contributed by atoms with van der Waals surface area (Å²) in [5, 5.41) is 5.22. The van der Waals surface area contributed by atoms with E-state index in [0.717, 1.165) is 11.3 Å². The summed E-state index contributed by atoms with van der Waals surface area (Å²) in [4.78, 5) is 49.6. The van der Waals surface area contributed by atoms with Crippen molar-refractivity contribution in [2.45, 2.75) is 25.8 Å². The number of esters is 2. The molecule has 0 saturated heterocycles. The van der Waals surface area contributed by atoms with E-state index >= 15 is 0 Å². The molecule has 2 heterocycles. The maximum absolute atomic E-state index is 12.7. The number of carbonyl (C=O) groups is 4. The summed E-state index contributed by atoms with van der Waals surface area (Å²) in [5.74, 6) is -1.49. The zero-order valence-electron chi connectivity index (χ0n) is 17.2. The maximum Gasteiger partial charge on any atom is 0.338 e. The standard InChI is InChI=1S/C22H21ClN2O6S/c1-2-30-21(28)19-14(24-22(29)25-20(19)13-6-4-3-5-7-13)12-31-18(27)11-8-15(26)16-9-10-17(23)32-16/h3-7,9-10,20H,2,8,11-12H2,1H3,(H2,24,25,29). The lowest BCUT2D eigenvalue weighted by Gasteiger charge is -2.29. The predicted molar refractivity (Wildman–Crippen MR) is 118 cm³/mol. The molecule has 2 N–H and O–H groups in total. The predicted octanol–water partition coefficient (Wildman–Crippen LogP) is 3.78. The number of thiophene rings is 1. The number of Topliss-reactive ketones (excluding diaryl/α,β-unsaturated/α-hetero) is 1. The SMILES string of the molecule is CCOC(=O)C1=C(COC(=O)CCC(=O)c2ccc(Cl)s2)NC(=O)NC1c1ccccc1. The van der Waals surface area contributed by atoms with Crippen LogP contribution in [0.2, 0.25) is 4.34 Å². The van der Waals surface area contributed by atoms with Crippen LogP contribution < -0.4 is 10.6 Å². The van der Waals surface area contributed by atoms with Gasteiger partial charge < -0.3 is 20.1 Å². The Morgan fingerprint density at radius 3 is 2.47 bits per heavy atom. The minimum Gasteiger partial charge on any atom is -0.463 e. The second-order valence-electron chi connectivity index (χ2n) is 6.74. The van der Waals surface area contributed by atoms with Crippen molar-refractivity contribution in [3.05, 3.63) is 68.5 Å². The summed E-state index contributed by atoms with van der Waals surface area (Å²) < 4.78 is 10.9. The van der Waals surface area contributed by atoms with Gasteiger partial charge in [0.2, 0.25) is 0 Å². The van der Waals surface area contributed by atoms with E-state index < -0.39 is 24.0 Å². The van der Waals surface area contributed by atoms with Crippen LogP contribution in [0.1, 0.15) is 41.0 Å². The molecule has 2 amide bonds. The first-order valence-corrected chi connectivity index (χ1v) is 11.0. The molecule has 1 unspecified atom stereocenters. The molecule has 1 aliphatic heterocycles. The van der Waals surface area contributed by atoms with Crippen LogP contribution in [0, 0.1) is 0 Å². The average molecular weight is 477 g/mol. The van der Waals surface area contributed by atoms with Crippen LogP contribution in [0.4, 0.5) is 4.79 Å². The molecule has 1 aromatic carbocycles. The molecule has 168 valence electrons. The van der Waals surface area contributed by atoms with Crippen molar-refractivity contribution in [2.24, 2.45) is 0 Å². The van der Waals surface area contributed by atoms with Gasteiger partial charge >= 0.3 is 18.0 Å². The topological polar surface area (TPSA) is 111 Å². The summed E-state index contributed by atoms with van der Waals surface area (Å²) in [5.41, 5.74) is 0.954. The first-order valence-electron chi connectivity index (χ1n) is 9.85. The Balaban J connectivity index is 1.71. The van der Waals surface area contributed by atoms with E-state index in [4.69, 9.17) is 21.1 Å². The number of benzene rings is 1. The van der Waals surface area contributed by atoms with Gasteiger partial charge in [0.05, 0.1) is 39.6 Å². The van der Waals surface area contributed by atoms with Crippen LogP contribution >= 0.6 is 22.9 Å². The molecule has 0 aliphatic carbocycles. The lowest BCUT2D eigenvalue weighted by Crippen LogP contribution is -2.47. The smallest absolute Gasteiger partial charge is 0.338 e. The van der Waals surface area contributed by atoms with Gasteiger partial charge in [-0.3, -0.25) is 9.59 Å². The van der Waals surface area contributed by atoms with Gasteiger partial charge in [-0.05, 0) is 24.6 Å². The monoisotopic (exact) mass is 476 g/mol. The normalized spacial score (nSPS) is 15.6. The number of urea groups is 1. The van der Waals surface area contributed by atoms with Gasteiger partial charge in [0, 0.05) is 6.42 Å². The number of halogens is 1. The van der Waals surface area contributed by atoms with Crippen LogP contribution in [0.15, 0.2) is 53.7 Å². The molecule has 0 spiro atoms. The van der Waals surface area contributed by atoms with Crippen LogP contribution in [0.3, 0.4) is 0 Å². The van der Waals surface area contributed by atoms with Crippen molar-refractivity contribution in [1.82, 2.24) is 10.6 Å². The molecule has 1 atom stereocenters. The molecular weight excluding hydrogens is 456 g/mol. The lowest BCUT2D eigenvalue weighted by molar-refractivity contribution is -0.143. The minimum atomic E-state index is -0.761. The summed E-state index contributed by atoms with van der Waals surface area (Å²) in [6.07, 6.45) is -0.190. The Labute approximate surface area is 193 Å². The van der Waals surface area contributed by atoms with Crippen molar-refractivity contribution in [3.63, 3.8) is 0 Å². The number of carbonyl (C=O) groups excluding carboxylic acids is 4. The number of ether oxygens (including phenoxy) is 2. The maximum atomic E-state index is 12.7. The van der Waals surface area contributed by atoms with Gasteiger partial charge in [0.15, 0.2) is 5.78 Å². The molecule has 0 fully saturated rings. The Morgan fingerprint density at radius 1 is 1.06 bits per heavy atom. The zero-order chi connectivity index (χ0) is 23.1. The number of hydrogen-bond donors (Lipinski definition) is 2. The fourth-order valence-corrected chi connectivity index (χ4v) is 4.12. The highest BCUT2D eigenvalue weighted by atomic mass is 35.5. The molecule has 8 nitrogen and oxygen atoms in total. The van der Waals surface area contributed by atoms with Gasteiger partial charge in [-0.1, -0.05) is 41.9 Å². The van der Waals surface area contributed by atoms with Crippen LogP contribution in [-0.2, 0) is 19.1 Å². The molecule has 32 heavy (non-hydrogen) atoms. The Kier molecular flexibility index (Phi) is 8.02. The molecule has 0 bridgehead atoms. The van der Waals surface area contributed by atoms with Crippen LogP contribution in [-0.4, -0.2) is 37.0 Å². The Morgan fingerprint density at radius 2 is 1.81 bits per heavy atom. The van der Waals surface area contributed by atoms with Crippen molar-refractivity contribution in [3.8, 4) is 0 Å². The molecule has 10 heteroatoms. The fraction of sp³-hybridized carbons (Fsp3) is 0.273. The highest BCUT2D eigenvalue weighted by Crippen LogP contribution is 2.28. The number of hydrogen-bond acceptors (Lipinski definition) is 7.